The fourth-order valence-corrected chi connectivity index (χ4v) is 3.61. The van der Waals surface area contributed by atoms with Crippen LogP contribution in [0.5, 0.6) is 0 Å². The molecule has 1 aromatic rings. The van der Waals surface area contributed by atoms with E-state index in [1.807, 2.05) is 26.0 Å². The van der Waals surface area contributed by atoms with Crippen LogP contribution < -0.4 is 10.6 Å². The molecule has 6 nitrogen and oxygen atoms in total. The zero-order valence-electron chi connectivity index (χ0n) is 17.5. The minimum atomic E-state index is -0.590. The summed E-state index contributed by atoms with van der Waals surface area (Å²) in [6, 6.07) is 7.80. The normalized spacial score (nSPS) is 16.3. The van der Waals surface area contributed by atoms with Gasteiger partial charge in [-0.1, -0.05) is 51.0 Å². The quantitative estimate of drug-likeness (QED) is 0.714. The molecule has 1 aliphatic rings. The van der Waals surface area contributed by atoms with Gasteiger partial charge in [0.1, 0.15) is 6.04 Å². The largest absolute Gasteiger partial charge is 0.453 e. The first-order chi connectivity index (χ1) is 13.5. The molecule has 0 bridgehead atoms. The second kappa shape index (κ2) is 11.7. The van der Waals surface area contributed by atoms with Gasteiger partial charge in [0.05, 0.1) is 7.11 Å². The van der Waals surface area contributed by atoms with E-state index < -0.39 is 12.1 Å². The van der Waals surface area contributed by atoms with Crippen LogP contribution >= 0.6 is 0 Å². The van der Waals surface area contributed by atoms with Crippen LogP contribution in [-0.4, -0.2) is 43.1 Å². The molecule has 1 atom stereocenters. The number of likely N-dealkylation sites (tertiary alicyclic amines) is 1. The highest BCUT2D eigenvalue weighted by molar-refractivity contribution is 5.85. The molecule has 1 aliphatic heterocycles. The van der Waals surface area contributed by atoms with Crippen LogP contribution in [0.1, 0.15) is 57.1 Å². The van der Waals surface area contributed by atoms with Crippen molar-refractivity contribution in [3.05, 3.63) is 35.4 Å². The second-order valence-corrected chi connectivity index (χ2v) is 8.05. The van der Waals surface area contributed by atoms with E-state index in [0.717, 1.165) is 25.2 Å². The molecule has 1 fully saturated rings. The summed E-state index contributed by atoms with van der Waals surface area (Å²) in [6.45, 7) is 7.77. The fourth-order valence-electron chi connectivity index (χ4n) is 3.61. The van der Waals surface area contributed by atoms with Crippen molar-refractivity contribution in [1.82, 2.24) is 15.5 Å². The van der Waals surface area contributed by atoms with E-state index in [4.69, 9.17) is 0 Å². The maximum atomic E-state index is 12.6. The number of hydrogen-bond donors (Lipinski definition) is 2. The lowest BCUT2D eigenvalue weighted by Crippen LogP contribution is -2.47. The molecule has 0 spiro atoms. The van der Waals surface area contributed by atoms with E-state index >= 15 is 0 Å². The Balaban J connectivity index is 1.91. The van der Waals surface area contributed by atoms with Crippen LogP contribution in [0.2, 0.25) is 0 Å². The number of carbonyl (C=O) groups excluding carboxylic acids is 2. The van der Waals surface area contributed by atoms with Crippen molar-refractivity contribution < 1.29 is 14.3 Å². The molecule has 28 heavy (non-hydrogen) atoms. The number of methoxy groups -OCH3 is 1. The van der Waals surface area contributed by atoms with Crippen molar-refractivity contribution in [3.8, 4) is 0 Å². The Morgan fingerprint density at radius 2 is 1.79 bits per heavy atom. The van der Waals surface area contributed by atoms with E-state index in [-0.39, 0.29) is 11.8 Å². The molecule has 1 saturated heterocycles. The van der Waals surface area contributed by atoms with Crippen LogP contribution in [0.15, 0.2) is 24.3 Å². The minimum absolute atomic E-state index is 0.183. The number of ether oxygens (including phenoxy) is 1. The van der Waals surface area contributed by atoms with Crippen molar-refractivity contribution >= 4 is 12.0 Å². The van der Waals surface area contributed by atoms with Crippen molar-refractivity contribution in [2.24, 2.45) is 5.92 Å². The maximum absolute atomic E-state index is 12.6. The highest BCUT2D eigenvalue weighted by atomic mass is 16.5. The van der Waals surface area contributed by atoms with Crippen molar-refractivity contribution in [2.45, 2.75) is 65.1 Å². The average Bonchev–Trinajstić information content (AvgIpc) is 2.94. The third-order valence-electron chi connectivity index (χ3n) is 5.06. The highest BCUT2D eigenvalue weighted by Gasteiger charge is 2.22. The summed E-state index contributed by atoms with van der Waals surface area (Å²) in [5.74, 6) is 0.0990. The Bertz CT molecular complexity index is 625. The second-order valence-electron chi connectivity index (χ2n) is 8.05. The fraction of sp³-hybridized carbons (Fsp3) is 0.636. The lowest BCUT2D eigenvalue weighted by molar-refractivity contribution is -0.123. The zero-order chi connectivity index (χ0) is 20.4. The zero-order valence-corrected chi connectivity index (χ0v) is 17.5. The minimum Gasteiger partial charge on any atom is -0.453 e. The van der Waals surface area contributed by atoms with Crippen LogP contribution in [0.25, 0.3) is 0 Å². The van der Waals surface area contributed by atoms with Gasteiger partial charge in [-0.05, 0) is 49.4 Å². The standard InChI is InChI=1S/C22H35N3O3/c1-17(2)13-20(24-22(27)28-3)21(26)23-15-18-9-8-10-19(14-18)16-25-11-6-4-5-7-12-25/h8-10,14,17,20H,4-7,11-13,15-16H2,1-3H3,(H,23,26)(H,24,27). The molecule has 6 heteroatoms. The Morgan fingerprint density at radius 1 is 1.11 bits per heavy atom. The molecule has 1 heterocycles. The first-order valence-electron chi connectivity index (χ1n) is 10.4. The number of benzene rings is 1. The van der Waals surface area contributed by atoms with Gasteiger partial charge in [0, 0.05) is 13.1 Å². The summed E-state index contributed by atoms with van der Waals surface area (Å²) in [7, 11) is 1.30. The smallest absolute Gasteiger partial charge is 0.407 e. The number of alkyl carbamates (subject to hydrolysis) is 1. The first-order valence-corrected chi connectivity index (χ1v) is 10.4. The lowest BCUT2D eigenvalue weighted by Gasteiger charge is -2.21. The van der Waals surface area contributed by atoms with Crippen LogP contribution in [0, 0.1) is 5.92 Å². The Morgan fingerprint density at radius 3 is 2.43 bits per heavy atom. The molecule has 2 rings (SSSR count). The number of carbonyl (C=O) groups is 2. The van der Waals surface area contributed by atoms with Gasteiger partial charge in [0.25, 0.3) is 0 Å². The summed E-state index contributed by atoms with van der Waals surface area (Å²) in [5, 5.41) is 5.58. The number of amides is 2. The van der Waals surface area contributed by atoms with Crippen LogP contribution in [0.4, 0.5) is 4.79 Å². The van der Waals surface area contributed by atoms with E-state index in [1.165, 1.54) is 38.4 Å². The number of nitrogens with zero attached hydrogens (tertiary/aromatic N) is 1. The molecule has 1 aromatic carbocycles. The van der Waals surface area contributed by atoms with Gasteiger partial charge >= 0.3 is 6.09 Å². The molecular formula is C22H35N3O3. The molecule has 156 valence electrons. The van der Waals surface area contributed by atoms with Gasteiger partial charge in [-0.15, -0.1) is 0 Å². The number of hydrogen-bond acceptors (Lipinski definition) is 4. The predicted octanol–water partition coefficient (Wildman–Crippen LogP) is 3.45. The molecule has 2 N–H and O–H groups in total. The monoisotopic (exact) mass is 389 g/mol. The summed E-state index contributed by atoms with van der Waals surface area (Å²) >= 11 is 0. The lowest BCUT2D eigenvalue weighted by atomic mass is 10.0. The van der Waals surface area contributed by atoms with Gasteiger partial charge < -0.3 is 15.4 Å². The Kier molecular flexibility index (Phi) is 9.28. The SMILES string of the molecule is COC(=O)NC(CC(C)C)C(=O)NCc1cccc(CN2CCCCCC2)c1. The third kappa shape index (κ3) is 7.89. The van der Waals surface area contributed by atoms with Gasteiger partial charge in [-0.3, -0.25) is 9.69 Å². The molecule has 2 amide bonds. The Hall–Kier alpha value is -2.08. The van der Waals surface area contributed by atoms with E-state index in [9.17, 15) is 9.59 Å². The number of nitrogens with one attached hydrogen (secondary N) is 2. The van der Waals surface area contributed by atoms with Gasteiger partial charge in [0.15, 0.2) is 0 Å². The van der Waals surface area contributed by atoms with Crippen molar-refractivity contribution in [2.75, 3.05) is 20.2 Å². The van der Waals surface area contributed by atoms with Crippen molar-refractivity contribution in [1.29, 1.82) is 0 Å². The third-order valence-corrected chi connectivity index (χ3v) is 5.06. The highest BCUT2D eigenvalue weighted by Crippen LogP contribution is 2.14. The van der Waals surface area contributed by atoms with Crippen LogP contribution in [0.3, 0.4) is 0 Å². The summed E-state index contributed by atoms with van der Waals surface area (Å²) in [4.78, 5) is 26.6. The van der Waals surface area contributed by atoms with E-state index in [2.05, 4.69) is 32.4 Å². The predicted molar refractivity (Wildman–Crippen MR) is 111 cm³/mol. The summed E-state index contributed by atoms with van der Waals surface area (Å²) in [6.07, 6.45) is 5.20. The molecule has 0 aliphatic carbocycles. The maximum Gasteiger partial charge on any atom is 0.407 e. The molecular weight excluding hydrogens is 354 g/mol. The van der Waals surface area contributed by atoms with E-state index in [1.54, 1.807) is 0 Å². The van der Waals surface area contributed by atoms with Crippen LogP contribution in [-0.2, 0) is 22.6 Å². The first kappa shape index (κ1) is 22.2. The van der Waals surface area contributed by atoms with Gasteiger partial charge in [-0.2, -0.15) is 0 Å². The topological polar surface area (TPSA) is 70.7 Å². The molecule has 0 aromatic heterocycles. The van der Waals surface area contributed by atoms with Crippen molar-refractivity contribution in [3.63, 3.8) is 0 Å². The van der Waals surface area contributed by atoms with Gasteiger partial charge in [-0.25, -0.2) is 4.79 Å². The number of rotatable bonds is 8. The molecule has 1 unspecified atom stereocenters. The molecule has 0 saturated carbocycles. The average molecular weight is 390 g/mol. The summed E-state index contributed by atoms with van der Waals surface area (Å²) < 4.78 is 4.64. The Labute approximate surface area is 169 Å². The molecule has 0 radical (unpaired) electrons. The van der Waals surface area contributed by atoms with Gasteiger partial charge in [0.2, 0.25) is 5.91 Å². The summed E-state index contributed by atoms with van der Waals surface area (Å²) in [5.41, 5.74) is 2.35. The van der Waals surface area contributed by atoms with E-state index in [0.29, 0.717) is 13.0 Å².